The van der Waals surface area contributed by atoms with Gasteiger partial charge in [-0.25, -0.2) is 14.4 Å². The molecule has 1 aliphatic rings. The number of esters is 2. The number of carbonyl (C=O) groups is 3. The standard InChI is InChI=1S/C22H22N2O7/c1-29-21(27)16-12-31-13-24(19(16)22(28)30-2)18-10-15(20(25)26)8-9-17(18)23-11-14-6-4-3-5-7-14/h3-10,23H,11-13H2,1-2H3,(H,25,26). The zero-order valence-electron chi connectivity index (χ0n) is 17.1. The van der Waals surface area contributed by atoms with Crippen molar-refractivity contribution in [2.75, 3.05) is 37.8 Å². The van der Waals surface area contributed by atoms with Crippen LogP contribution in [-0.2, 0) is 30.3 Å². The first-order valence-corrected chi connectivity index (χ1v) is 9.36. The second-order valence-electron chi connectivity index (χ2n) is 6.59. The highest BCUT2D eigenvalue weighted by Gasteiger charge is 2.33. The molecule has 1 aliphatic heterocycles. The summed E-state index contributed by atoms with van der Waals surface area (Å²) in [7, 11) is 2.39. The van der Waals surface area contributed by atoms with Gasteiger partial charge in [0.1, 0.15) is 12.4 Å². The molecule has 0 unspecified atom stereocenters. The van der Waals surface area contributed by atoms with Gasteiger partial charge in [-0.2, -0.15) is 0 Å². The van der Waals surface area contributed by atoms with Gasteiger partial charge in [0.25, 0.3) is 0 Å². The summed E-state index contributed by atoms with van der Waals surface area (Å²) in [6, 6.07) is 14.1. The summed E-state index contributed by atoms with van der Waals surface area (Å²) < 4.78 is 15.1. The van der Waals surface area contributed by atoms with E-state index >= 15 is 0 Å². The van der Waals surface area contributed by atoms with Gasteiger partial charge in [-0.15, -0.1) is 0 Å². The molecule has 2 aromatic rings. The van der Waals surface area contributed by atoms with Crippen molar-refractivity contribution in [3.63, 3.8) is 0 Å². The number of hydrogen-bond donors (Lipinski definition) is 2. The topological polar surface area (TPSA) is 114 Å². The van der Waals surface area contributed by atoms with Crippen LogP contribution >= 0.6 is 0 Å². The number of carboxylic acid groups (broad SMARTS) is 1. The number of hydrogen-bond acceptors (Lipinski definition) is 8. The van der Waals surface area contributed by atoms with Gasteiger partial charge < -0.3 is 29.5 Å². The molecule has 0 spiro atoms. The van der Waals surface area contributed by atoms with E-state index in [9.17, 15) is 19.5 Å². The number of nitrogens with zero attached hydrogens (tertiary/aromatic N) is 1. The van der Waals surface area contributed by atoms with Crippen molar-refractivity contribution in [2.24, 2.45) is 0 Å². The predicted molar refractivity (Wildman–Crippen MR) is 112 cm³/mol. The number of rotatable bonds is 7. The van der Waals surface area contributed by atoms with Gasteiger partial charge in [0.05, 0.1) is 43.3 Å². The Kier molecular flexibility index (Phi) is 6.88. The number of carboxylic acids is 1. The molecule has 162 valence electrons. The molecule has 0 atom stereocenters. The molecule has 31 heavy (non-hydrogen) atoms. The summed E-state index contributed by atoms with van der Waals surface area (Å²) in [5.74, 6) is -2.64. The highest BCUT2D eigenvalue weighted by Crippen LogP contribution is 2.34. The summed E-state index contributed by atoms with van der Waals surface area (Å²) in [5.41, 5.74) is 1.82. The van der Waals surface area contributed by atoms with Gasteiger partial charge in [-0.1, -0.05) is 30.3 Å². The zero-order valence-corrected chi connectivity index (χ0v) is 17.1. The van der Waals surface area contributed by atoms with Crippen LogP contribution in [0.4, 0.5) is 11.4 Å². The van der Waals surface area contributed by atoms with Crippen LogP contribution in [0.3, 0.4) is 0 Å². The van der Waals surface area contributed by atoms with Crippen LogP contribution in [0, 0.1) is 0 Å². The second-order valence-corrected chi connectivity index (χ2v) is 6.59. The van der Waals surface area contributed by atoms with Crippen molar-refractivity contribution in [1.29, 1.82) is 0 Å². The number of methoxy groups -OCH3 is 2. The molecule has 9 heteroatoms. The average Bonchev–Trinajstić information content (AvgIpc) is 2.81. The lowest BCUT2D eigenvalue weighted by Gasteiger charge is -2.32. The number of benzene rings is 2. The van der Waals surface area contributed by atoms with Crippen molar-refractivity contribution in [3.05, 3.63) is 70.9 Å². The summed E-state index contributed by atoms with van der Waals surface area (Å²) in [4.78, 5) is 37.8. The molecule has 0 saturated heterocycles. The maximum atomic E-state index is 12.6. The van der Waals surface area contributed by atoms with Gasteiger partial charge in [0.2, 0.25) is 0 Å². The molecule has 0 bridgehead atoms. The second kappa shape index (κ2) is 9.77. The van der Waals surface area contributed by atoms with E-state index in [1.807, 2.05) is 30.3 Å². The fourth-order valence-electron chi connectivity index (χ4n) is 3.16. The number of carbonyl (C=O) groups excluding carboxylic acids is 2. The highest BCUT2D eigenvalue weighted by molar-refractivity contribution is 6.04. The number of anilines is 2. The van der Waals surface area contributed by atoms with Crippen LogP contribution in [0.15, 0.2) is 59.8 Å². The van der Waals surface area contributed by atoms with Gasteiger partial charge in [0, 0.05) is 6.54 Å². The van der Waals surface area contributed by atoms with Crippen LogP contribution in [0.2, 0.25) is 0 Å². The van der Waals surface area contributed by atoms with Crippen molar-refractivity contribution < 1.29 is 33.7 Å². The molecule has 0 fully saturated rings. The fourth-order valence-corrected chi connectivity index (χ4v) is 3.16. The number of ether oxygens (including phenoxy) is 3. The SMILES string of the molecule is COC(=O)C1=C(C(=O)OC)N(c2cc(C(=O)O)ccc2NCc2ccccc2)COC1. The monoisotopic (exact) mass is 426 g/mol. The molecule has 0 amide bonds. The van der Waals surface area contributed by atoms with E-state index in [0.717, 1.165) is 5.56 Å². The van der Waals surface area contributed by atoms with Crippen molar-refractivity contribution in [2.45, 2.75) is 6.54 Å². The Labute approximate surface area is 178 Å². The number of aromatic carboxylic acids is 1. The predicted octanol–water partition coefficient (Wildman–Crippen LogP) is 2.39. The Hall–Kier alpha value is -3.85. The molecule has 2 aromatic carbocycles. The van der Waals surface area contributed by atoms with Gasteiger partial charge in [-0.3, -0.25) is 0 Å². The van der Waals surface area contributed by atoms with Gasteiger partial charge in [-0.05, 0) is 23.8 Å². The Bertz CT molecular complexity index is 1020. The third-order valence-corrected chi connectivity index (χ3v) is 4.69. The summed E-state index contributed by atoms with van der Waals surface area (Å²) in [6.07, 6.45) is 0. The van der Waals surface area contributed by atoms with E-state index in [-0.39, 0.29) is 30.2 Å². The number of nitrogens with one attached hydrogen (secondary N) is 1. The molecule has 0 radical (unpaired) electrons. The molecule has 3 rings (SSSR count). The third-order valence-electron chi connectivity index (χ3n) is 4.69. The molecule has 0 aliphatic carbocycles. The first-order valence-electron chi connectivity index (χ1n) is 9.36. The molecule has 1 heterocycles. The zero-order chi connectivity index (χ0) is 22.4. The lowest BCUT2D eigenvalue weighted by atomic mass is 10.1. The Balaban J connectivity index is 2.08. The van der Waals surface area contributed by atoms with E-state index in [2.05, 4.69) is 5.32 Å². The highest BCUT2D eigenvalue weighted by atomic mass is 16.5. The smallest absolute Gasteiger partial charge is 0.355 e. The molecule has 0 aromatic heterocycles. The molecular formula is C22H22N2O7. The molecule has 9 nitrogen and oxygen atoms in total. The van der Waals surface area contributed by atoms with Crippen LogP contribution in [0.5, 0.6) is 0 Å². The summed E-state index contributed by atoms with van der Waals surface area (Å²) in [6.45, 7) is 0.225. The Morgan fingerprint density at radius 3 is 2.42 bits per heavy atom. The van der Waals surface area contributed by atoms with Crippen LogP contribution in [0.1, 0.15) is 15.9 Å². The first-order chi connectivity index (χ1) is 15.0. The average molecular weight is 426 g/mol. The first kappa shape index (κ1) is 21.8. The van der Waals surface area contributed by atoms with E-state index < -0.39 is 17.9 Å². The molecular weight excluding hydrogens is 404 g/mol. The molecule has 0 saturated carbocycles. The van der Waals surface area contributed by atoms with Crippen molar-refractivity contribution >= 4 is 29.3 Å². The lowest BCUT2D eigenvalue weighted by Crippen LogP contribution is -2.39. The molecule has 2 N–H and O–H groups in total. The Morgan fingerprint density at radius 2 is 1.77 bits per heavy atom. The van der Waals surface area contributed by atoms with Crippen molar-refractivity contribution in [3.8, 4) is 0 Å². The van der Waals surface area contributed by atoms with Gasteiger partial charge in [0.15, 0.2) is 0 Å². The largest absolute Gasteiger partial charge is 0.478 e. The maximum Gasteiger partial charge on any atom is 0.355 e. The Morgan fingerprint density at radius 1 is 1.06 bits per heavy atom. The third kappa shape index (κ3) is 4.84. The minimum atomic E-state index is -1.13. The van der Waals surface area contributed by atoms with Crippen LogP contribution in [-0.4, -0.2) is 50.6 Å². The van der Waals surface area contributed by atoms with Crippen LogP contribution < -0.4 is 10.2 Å². The summed E-state index contributed by atoms with van der Waals surface area (Å²) in [5, 5.41) is 12.7. The van der Waals surface area contributed by atoms with E-state index in [4.69, 9.17) is 14.2 Å². The minimum Gasteiger partial charge on any atom is -0.478 e. The van der Waals surface area contributed by atoms with E-state index in [1.165, 1.54) is 31.3 Å². The van der Waals surface area contributed by atoms with Crippen LogP contribution in [0.25, 0.3) is 0 Å². The minimum absolute atomic E-state index is 0.00895. The van der Waals surface area contributed by atoms with Gasteiger partial charge >= 0.3 is 17.9 Å². The summed E-state index contributed by atoms with van der Waals surface area (Å²) >= 11 is 0. The normalized spacial score (nSPS) is 13.5. The van der Waals surface area contributed by atoms with Crippen molar-refractivity contribution in [1.82, 2.24) is 0 Å². The van der Waals surface area contributed by atoms with E-state index in [0.29, 0.717) is 17.9 Å². The quantitative estimate of drug-likeness (QED) is 0.644. The van der Waals surface area contributed by atoms with E-state index in [1.54, 1.807) is 6.07 Å². The maximum absolute atomic E-state index is 12.6. The lowest BCUT2D eigenvalue weighted by molar-refractivity contribution is -0.140. The fraction of sp³-hybridized carbons (Fsp3) is 0.227.